The van der Waals surface area contributed by atoms with Crippen molar-refractivity contribution in [3.8, 4) is 0 Å². The molecule has 2 aromatic rings. The number of carbonyl (C=O) groups excluding carboxylic acids is 1. The number of rotatable bonds is 1. The molecular weight excluding hydrogens is 238 g/mol. The SMILES string of the molecule is COC(=O)c1ccc2c(c1)Cc1ccccc1CN2. The van der Waals surface area contributed by atoms with Gasteiger partial charge >= 0.3 is 5.97 Å². The van der Waals surface area contributed by atoms with E-state index in [9.17, 15) is 4.79 Å². The maximum Gasteiger partial charge on any atom is 0.337 e. The second-order valence-corrected chi connectivity index (χ2v) is 4.66. The molecule has 0 amide bonds. The first-order valence-corrected chi connectivity index (χ1v) is 6.30. The fraction of sp³-hybridized carbons (Fsp3) is 0.188. The normalized spacial score (nSPS) is 12.7. The summed E-state index contributed by atoms with van der Waals surface area (Å²) in [7, 11) is 1.40. The van der Waals surface area contributed by atoms with Crippen molar-refractivity contribution in [3.63, 3.8) is 0 Å². The molecule has 0 saturated carbocycles. The van der Waals surface area contributed by atoms with Crippen molar-refractivity contribution in [2.45, 2.75) is 13.0 Å². The Morgan fingerprint density at radius 2 is 1.89 bits per heavy atom. The molecular formula is C16H15NO2. The first-order chi connectivity index (χ1) is 9.28. The predicted octanol–water partition coefficient (Wildman–Crippen LogP) is 2.99. The van der Waals surface area contributed by atoms with E-state index in [1.54, 1.807) is 6.07 Å². The fourth-order valence-electron chi connectivity index (χ4n) is 2.46. The largest absolute Gasteiger partial charge is 0.465 e. The number of hydrogen-bond acceptors (Lipinski definition) is 3. The molecule has 0 bridgehead atoms. The summed E-state index contributed by atoms with van der Waals surface area (Å²) in [6.45, 7) is 0.820. The molecule has 19 heavy (non-hydrogen) atoms. The second-order valence-electron chi connectivity index (χ2n) is 4.66. The quantitative estimate of drug-likeness (QED) is 0.794. The smallest absolute Gasteiger partial charge is 0.337 e. The number of anilines is 1. The van der Waals surface area contributed by atoms with Gasteiger partial charge in [-0.2, -0.15) is 0 Å². The van der Waals surface area contributed by atoms with Crippen LogP contribution in [-0.4, -0.2) is 13.1 Å². The lowest BCUT2D eigenvalue weighted by Gasteiger charge is -2.08. The summed E-state index contributed by atoms with van der Waals surface area (Å²) < 4.78 is 4.77. The van der Waals surface area contributed by atoms with Gasteiger partial charge in [0, 0.05) is 12.2 Å². The molecule has 1 aliphatic heterocycles. The number of fused-ring (bicyclic) bond motifs is 2. The number of benzene rings is 2. The van der Waals surface area contributed by atoms with Crippen molar-refractivity contribution in [2.75, 3.05) is 12.4 Å². The van der Waals surface area contributed by atoms with Gasteiger partial charge in [-0.1, -0.05) is 24.3 Å². The molecule has 2 aromatic carbocycles. The number of ether oxygens (including phenoxy) is 1. The first-order valence-electron chi connectivity index (χ1n) is 6.30. The molecule has 1 aliphatic rings. The van der Waals surface area contributed by atoms with E-state index in [1.807, 2.05) is 18.2 Å². The Labute approximate surface area is 112 Å². The monoisotopic (exact) mass is 253 g/mol. The van der Waals surface area contributed by atoms with E-state index in [4.69, 9.17) is 4.74 Å². The minimum absolute atomic E-state index is 0.291. The lowest BCUT2D eigenvalue weighted by molar-refractivity contribution is 0.0600. The van der Waals surface area contributed by atoms with Gasteiger partial charge in [0.25, 0.3) is 0 Å². The zero-order valence-electron chi connectivity index (χ0n) is 10.8. The van der Waals surface area contributed by atoms with Crippen LogP contribution in [0.1, 0.15) is 27.0 Å². The van der Waals surface area contributed by atoms with E-state index in [0.29, 0.717) is 5.56 Å². The number of hydrogen-bond donors (Lipinski definition) is 1. The predicted molar refractivity (Wildman–Crippen MR) is 74.4 cm³/mol. The minimum atomic E-state index is -0.291. The molecule has 0 aromatic heterocycles. The summed E-state index contributed by atoms with van der Waals surface area (Å²) in [5, 5.41) is 3.41. The minimum Gasteiger partial charge on any atom is -0.465 e. The van der Waals surface area contributed by atoms with Gasteiger partial charge in [0.05, 0.1) is 12.7 Å². The molecule has 0 spiro atoms. The van der Waals surface area contributed by atoms with Crippen LogP contribution in [0.5, 0.6) is 0 Å². The summed E-state index contributed by atoms with van der Waals surface area (Å²) >= 11 is 0. The number of methoxy groups -OCH3 is 1. The number of esters is 1. The molecule has 1 N–H and O–H groups in total. The maximum absolute atomic E-state index is 11.6. The van der Waals surface area contributed by atoms with Gasteiger partial charge in [0.1, 0.15) is 0 Å². The van der Waals surface area contributed by atoms with Crippen molar-refractivity contribution >= 4 is 11.7 Å². The third-order valence-electron chi connectivity index (χ3n) is 3.49. The molecule has 0 fully saturated rings. The van der Waals surface area contributed by atoms with E-state index >= 15 is 0 Å². The van der Waals surface area contributed by atoms with Crippen LogP contribution in [0.4, 0.5) is 5.69 Å². The van der Waals surface area contributed by atoms with Crippen LogP contribution in [0.25, 0.3) is 0 Å². The van der Waals surface area contributed by atoms with Gasteiger partial charge in [-0.25, -0.2) is 4.79 Å². The summed E-state index contributed by atoms with van der Waals surface area (Å²) in [6, 6.07) is 14.0. The van der Waals surface area contributed by atoms with Crippen LogP contribution in [0.15, 0.2) is 42.5 Å². The van der Waals surface area contributed by atoms with E-state index in [2.05, 4.69) is 23.5 Å². The molecule has 1 heterocycles. The van der Waals surface area contributed by atoms with Gasteiger partial charge in [0.15, 0.2) is 0 Å². The topological polar surface area (TPSA) is 38.3 Å². The van der Waals surface area contributed by atoms with Crippen molar-refractivity contribution in [1.82, 2.24) is 0 Å². The second kappa shape index (κ2) is 4.76. The van der Waals surface area contributed by atoms with E-state index in [1.165, 1.54) is 18.2 Å². The highest BCUT2D eigenvalue weighted by molar-refractivity contribution is 5.90. The molecule has 0 atom stereocenters. The Kier molecular flexibility index (Phi) is 2.95. The third kappa shape index (κ3) is 2.19. The molecule has 0 aliphatic carbocycles. The third-order valence-corrected chi connectivity index (χ3v) is 3.49. The molecule has 3 heteroatoms. The Hall–Kier alpha value is -2.29. The fourth-order valence-corrected chi connectivity index (χ4v) is 2.46. The Morgan fingerprint density at radius 1 is 1.11 bits per heavy atom. The average Bonchev–Trinajstić information content (AvgIpc) is 2.64. The molecule has 0 unspecified atom stereocenters. The summed E-state index contributed by atoms with van der Waals surface area (Å²) in [6.07, 6.45) is 0.837. The van der Waals surface area contributed by atoms with Gasteiger partial charge < -0.3 is 10.1 Å². The molecule has 3 rings (SSSR count). The molecule has 0 radical (unpaired) electrons. The van der Waals surface area contributed by atoms with Crippen LogP contribution in [0.2, 0.25) is 0 Å². The highest BCUT2D eigenvalue weighted by Gasteiger charge is 2.14. The van der Waals surface area contributed by atoms with Gasteiger partial charge in [-0.15, -0.1) is 0 Å². The van der Waals surface area contributed by atoms with E-state index in [0.717, 1.165) is 24.2 Å². The summed E-state index contributed by atoms with van der Waals surface area (Å²) in [4.78, 5) is 11.6. The van der Waals surface area contributed by atoms with E-state index in [-0.39, 0.29) is 5.97 Å². The molecule has 0 saturated heterocycles. The van der Waals surface area contributed by atoms with Gasteiger partial charge in [-0.3, -0.25) is 0 Å². The summed E-state index contributed by atoms with van der Waals surface area (Å²) in [5.74, 6) is -0.291. The van der Waals surface area contributed by atoms with Gasteiger partial charge in [-0.05, 0) is 41.3 Å². The standard InChI is InChI=1S/C16H15NO2/c1-19-16(18)12-6-7-15-14(9-12)8-11-4-2-3-5-13(11)10-17-15/h2-7,9,17H,8,10H2,1H3. The van der Waals surface area contributed by atoms with Crippen molar-refractivity contribution in [1.29, 1.82) is 0 Å². The van der Waals surface area contributed by atoms with Crippen LogP contribution in [0.3, 0.4) is 0 Å². The Balaban J connectivity index is 2.02. The Morgan fingerprint density at radius 3 is 2.68 bits per heavy atom. The molecule has 3 nitrogen and oxygen atoms in total. The zero-order valence-corrected chi connectivity index (χ0v) is 10.8. The highest BCUT2D eigenvalue weighted by Crippen LogP contribution is 2.27. The number of carbonyl (C=O) groups is 1. The summed E-state index contributed by atoms with van der Waals surface area (Å²) in [5.41, 5.74) is 5.42. The number of nitrogens with one attached hydrogen (secondary N) is 1. The average molecular weight is 253 g/mol. The van der Waals surface area contributed by atoms with Gasteiger partial charge in [0.2, 0.25) is 0 Å². The van der Waals surface area contributed by atoms with Crippen molar-refractivity contribution in [2.24, 2.45) is 0 Å². The lowest BCUT2D eigenvalue weighted by atomic mass is 9.99. The van der Waals surface area contributed by atoms with Crippen molar-refractivity contribution < 1.29 is 9.53 Å². The maximum atomic E-state index is 11.6. The molecule has 96 valence electrons. The zero-order chi connectivity index (χ0) is 13.2. The van der Waals surface area contributed by atoms with Crippen LogP contribution in [0, 0.1) is 0 Å². The van der Waals surface area contributed by atoms with Crippen LogP contribution in [-0.2, 0) is 17.7 Å². The van der Waals surface area contributed by atoms with E-state index < -0.39 is 0 Å². The first kappa shape index (κ1) is 11.8. The highest BCUT2D eigenvalue weighted by atomic mass is 16.5. The Bertz CT molecular complexity index is 634. The van der Waals surface area contributed by atoms with Crippen molar-refractivity contribution in [3.05, 3.63) is 64.7 Å². The van der Waals surface area contributed by atoms with Crippen LogP contribution < -0.4 is 5.32 Å². The van der Waals surface area contributed by atoms with Crippen LogP contribution >= 0.6 is 0 Å². The lowest BCUT2D eigenvalue weighted by Crippen LogP contribution is -2.03.